The van der Waals surface area contributed by atoms with Gasteiger partial charge >= 0.3 is 0 Å². The second kappa shape index (κ2) is 6.95. The van der Waals surface area contributed by atoms with Gasteiger partial charge in [0.15, 0.2) is 5.69 Å². The van der Waals surface area contributed by atoms with Crippen LogP contribution in [0.5, 0.6) is 0 Å². The van der Waals surface area contributed by atoms with E-state index in [0.717, 1.165) is 12.3 Å². The molecule has 7 heteroatoms. The molecule has 0 saturated carbocycles. The Kier molecular flexibility index (Phi) is 4.78. The van der Waals surface area contributed by atoms with E-state index in [0.29, 0.717) is 11.4 Å². The molecule has 2 N–H and O–H groups in total. The summed E-state index contributed by atoms with van der Waals surface area (Å²) in [6, 6.07) is 8.72. The van der Waals surface area contributed by atoms with Crippen molar-refractivity contribution < 1.29 is 14.0 Å². The molecule has 1 heterocycles. The number of benzene rings is 1. The Balaban J connectivity index is 1.86. The summed E-state index contributed by atoms with van der Waals surface area (Å²) in [6.45, 7) is 6.82. The molecular formula is C15H11FN4O2. The number of hydrogen-bond donors (Lipinski definition) is 2. The summed E-state index contributed by atoms with van der Waals surface area (Å²) >= 11 is 0. The number of carbonyl (C=O) groups is 2. The Labute approximate surface area is 125 Å². The van der Waals surface area contributed by atoms with Crippen LogP contribution in [-0.2, 0) is 9.59 Å². The second-order valence-electron chi connectivity index (χ2n) is 4.29. The lowest BCUT2D eigenvalue weighted by atomic mass is 10.2. The van der Waals surface area contributed by atoms with Gasteiger partial charge in [0.1, 0.15) is 18.1 Å². The Morgan fingerprint density at radius 3 is 2.36 bits per heavy atom. The fourth-order valence-electron chi connectivity index (χ4n) is 1.61. The molecule has 0 bridgehead atoms. The average Bonchev–Trinajstić information content (AvgIpc) is 2.50. The number of pyridine rings is 1. The first-order valence-corrected chi connectivity index (χ1v) is 6.25. The number of amides is 2. The number of nitrogens with zero attached hydrogens (tertiary/aromatic N) is 2. The minimum atomic E-state index is -0.561. The van der Waals surface area contributed by atoms with Crippen LogP contribution in [-0.4, -0.2) is 16.8 Å². The van der Waals surface area contributed by atoms with Crippen LogP contribution in [0.15, 0.2) is 42.6 Å². The molecule has 0 unspecified atom stereocenters. The van der Waals surface area contributed by atoms with Crippen LogP contribution in [0.4, 0.5) is 21.6 Å². The van der Waals surface area contributed by atoms with Crippen LogP contribution < -0.4 is 10.6 Å². The van der Waals surface area contributed by atoms with Gasteiger partial charge < -0.3 is 10.6 Å². The number of nitrogens with one attached hydrogen (secondary N) is 2. The molecule has 0 atom stereocenters. The minimum absolute atomic E-state index is 0.167. The van der Waals surface area contributed by atoms with E-state index in [2.05, 4.69) is 20.5 Å². The molecule has 22 heavy (non-hydrogen) atoms. The van der Waals surface area contributed by atoms with Crippen molar-refractivity contribution in [3.8, 4) is 0 Å². The molecule has 1 aromatic carbocycles. The maximum atomic E-state index is 12.7. The van der Waals surface area contributed by atoms with Crippen LogP contribution in [0.2, 0.25) is 0 Å². The molecule has 0 saturated heterocycles. The van der Waals surface area contributed by atoms with E-state index in [9.17, 15) is 14.0 Å². The van der Waals surface area contributed by atoms with E-state index < -0.39 is 24.1 Å². The molecule has 1 aromatic heterocycles. The number of aromatic nitrogens is 1. The van der Waals surface area contributed by atoms with Gasteiger partial charge in [0.25, 0.3) is 0 Å². The summed E-state index contributed by atoms with van der Waals surface area (Å²) in [5, 5.41) is 4.92. The van der Waals surface area contributed by atoms with Gasteiger partial charge in [0.05, 0.1) is 12.8 Å². The van der Waals surface area contributed by atoms with Crippen molar-refractivity contribution >= 4 is 29.0 Å². The third-order valence-electron chi connectivity index (χ3n) is 2.60. The Morgan fingerprint density at radius 2 is 1.77 bits per heavy atom. The van der Waals surface area contributed by atoms with Crippen molar-refractivity contribution in [1.82, 2.24) is 4.98 Å². The first-order valence-electron chi connectivity index (χ1n) is 6.25. The highest BCUT2D eigenvalue weighted by Gasteiger charge is 2.10. The Hall–Kier alpha value is -3.27. The van der Waals surface area contributed by atoms with E-state index in [1.54, 1.807) is 24.3 Å². The summed E-state index contributed by atoms with van der Waals surface area (Å²) in [4.78, 5) is 30.3. The fourth-order valence-corrected chi connectivity index (χ4v) is 1.61. The lowest BCUT2D eigenvalue weighted by molar-refractivity contribution is -0.123. The molecule has 0 fully saturated rings. The van der Waals surface area contributed by atoms with E-state index in [-0.39, 0.29) is 5.82 Å². The van der Waals surface area contributed by atoms with Crippen molar-refractivity contribution in [2.75, 3.05) is 10.6 Å². The normalized spacial score (nSPS) is 9.64. The molecule has 2 rings (SSSR count). The monoisotopic (exact) mass is 298 g/mol. The van der Waals surface area contributed by atoms with E-state index in [1.165, 1.54) is 6.07 Å². The highest BCUT2D eigenvalue weighted by atomic mass is 19.1. The molecule has 110 valence electrons. The van der Waals surface area contributed by atoms with E-state index >= 15 is 0 Å². The molecule has 0 radical (unpaired) electrons. The van der Waals surface area contributed by atoms with Gasteiger partial charge in [-0.05, 0) is 24.3 Å². The predicted octanol–water partition coefficient (Wildman–Crippen LogP) is 2.74. The van der Waals surface area contributed by atoms with E-state index in [4.69, 9.17) is 6.57 Å². The van der Waals surface area contributed by atoms with Crippen LogP contribution >= 0.6 is 0 Å². The van der Waals surface area contributed by atoms with Crippen molar-refractivity contribution in [2.24, 2.45) is 0 Å². The van der Waals surface area contributed by atoms with Gasteiger partial charge in [0.2, 0.25) is 11.8 Å². The molecule has 2 amide bonds. The number of rotatable bonds is 4. The van der Waals surface area contributed by atoms with Crippen LogP contribution in [0.25, 0.3) is 4.85 Å². The highest BCUT2D eigenvalue weighted by molar-refractivity contribution is 6.07. The molecule has 6 nitrogen and oxygen atoms in total. The molecule has 0 aliphatic rings. The number of hydrogen-bond acceptors (Lipinski definition) is 3. The lowest BCUT2D eigenvalue weighted by Crippen LogP contribution is -2.21. The van der Waals surface area contributed by atoms with Crippen molar-refractivity contribution in [3.63, 3.8) is 0 Å². The molecule has 2 aromatic rings. The summed E-state index contributed by atoms with van der Waals surface area (Å²) < 4.78 is 12.7. The van der Waals surface area contributed by atoms with Gasteiger partial charge in [-0.1, -0.05) is 12.1 Å². The van der Waals surface area contributed by atoms with E-state index in [1.807, 2.05) is 0 Å². The smallest absolute Gasteiger partial charge is 0.234 e. The van der Waals surface area contributed by atoms with Gasteiger partial charge in [-0.15, -0.1) is 0 Å². The van der Waals surface area contributed by atoms with Gasteiger partial charge in [-0.25, -0.2) is 14.2 Å². The van der Waals surface area contributed by atoms with Crippen molar-refractivity contribution in [3.05, 3.63) is 59.8 Å². The zero-order chi connectivity index (χ0) is 15.9. The lowest BCUT2D eigenvalue weighted by Gasteiger charge is -2.06. The zero-order valence-corrected chi connectivity index (χ0v) is 11.3. The van der Waals surface area contributed by atoms with Crippen LogP contribution in [0.1, 0.15) is 6.42 Å². The molecule has 0 aliphatic heterocycles. The van der Waals surface area contributed by atoms with Crippen LogP contribution in [0, 0.1) is 12.4 Å². The van der Waals surface area contributed by atoms with Gasteiger partial charge in [0, 0.05) is 5.69 Å². The maximum Gasteiger partial charge on any atom is 0.234 e. The summed E-state index contributed by atoms with van der Waals surface area (Å²) in [7, 11) is 0. The molecule has 0 spiro atoms. The number of halogens is 1. The third kappa shape index (κ3) is 4.38. The Morgan fingerprint density at radius 1 is 1.09 bits per heavy atom. The highest BCUT2D eigenvalue weighted by Crippen LogP contribution is 2.16. The number of carbonyl (C=O) groups excluding carboxylic acids is 2. The minimum Gasteiger partial charge on any atom is -0.326 e. The third-order valence-corrected chi connectivity index (χ3v) is 2.60. The van der Waals surface area contributed by atoms with Crippen molar-refractivity contribution in [1.29, 1.82) is 0 Å². The second-order valence-corrected chi connectivity index (χ2v) is 4.29. The maximum absolute atomic E-state index is 12.7. The van der Waals surface area contributed by atoms with Gasteiger partial charge in [-0.3, -0.25) is 9.59 Å². The number of anilines is 2. The summed E-state index contributed by atoms with van der Waals surface area (Å²) in [5.74, 6) is -1.41. The zero-order valence-electron chi connectivity index (χ0n) is 11.3. The van der Waals surface area contributed by atoms with Crippen LogP contribution in [0.3, 0.4) is 0 Å². The SMILES string of the molecule is [C-]#[N+]c1ccc(NC(=O)CC(=O)Nc2ccc(F)cn2)cc1. The first kappa shape index (κ1) is 15.1. The standard InChI is InChI=1S/C15H11FN4O2/c1-17-11-3-5-12(6-4-11)19-14(21)8-15(22)20-13-7-2-10(16)9-18-13/h2-7,9H,8H2,(H,19,21)(H,18,20,22). The molecule has 0 aliphatic carbocycles. The Bertz CT molecular complexity index is 721. The van der Waals surface area contributed by atoms with Gasteiger partial charge in [-0.2, -0.15) is 0 Å². The fraction of sp³-hybridized carbons (Fsp3) is 0.0667. The largest absolute Gasteiger partial charge is 0.326 e. The topological polar surface area (TPSA) is 75.5 Å². The first-order chi connectivity index (χ1) is 10.6. The average molecular weight is 298 g/mol. The van der Waals surface area contributed by atoms with Crippen molar-refractivity contribution in [2.45, 2.75) is 6.42 Å². The summed E-state index contributed by atoms with van der Waals surface area (Å²) in [5.41, 5.74) is 0.947. The quantitative estimate of drug-likeness (QED) is 0.673. The summed E-state index contributed by atoms with van der Waals surface area (Å²) in [6.07, 6.45) is 0.568. The molecular weight excluding hydrogens is 287 g/mol. The predicted molar refractivity (Wildman–Crippen MR) is 78.8 cm³/mol.